The van der Waals surface area contributed by atoms with E-state index >= 15 is 0 Å². The van der Waals surface area contributed by atoms with E-state index in [-0.39, 0.29) is 11.8 Å². The maximum Gasteiger partial charge on any atom is 0.191 e. The molecule has 0 amide bonds. The molecule has 0 bridgehead atoms. The normalized spacial score (nSPS) is 16.8. The van der Waals surface area contributed by atoms with Crippen molar-refractivity contribution in [1.82, 2.24) is 15.5 Å². The highest BCUT2D eigenvalue weighted by molar-refractivity contribution is 7.12. The smallest absolute Gasteiger partial charge is 0.191 e. The number of aromatic hydroxyl groups is 1. The number of nitrogens with one attached hydrogen (secondary N) is 2. The molecule has 3 rings (SSSR count). The maximum atomic E-state index is 13.5. The molecule has 2 heterocycles. The van der Waals surface area contributed by atoms with Crippen molar-refractivity contribution in [3.63, 3.8) is 0 Å². The Kier molecular flexibility index (Phi) is 7.24. The number of morpholine rings is 1. The molecule has 3 N–H and O–H groups in total. The van der Waals surface area contributed by atoms with Gasteiger partial charge in [-0.25, -0.2) is 4.39 Å². The predicted octanol–water partition coefficient (Wildman–Crippen LogP) is 2.64. The fourth-order valence-electron chi connectivity index (χ4n) is 3.19. The topological polar surface area (TPSA) is 69.1 Å². The number of halogens is 1. The second-order valence-corrected chi connectivity index (χ2v) is 8.02. The lowest BCUT2D eigenvalue weighted by atomic mass is 10.2. The van der Waals surface area contributed by atoms with Gasteiger partial charge in [-0.15, -0.1) is 11.3 Å². The third kappa shape index (κ3) is 5.43. The largest absolute Gasteiger partial charge is 0.505 e. The van der Waals surface area contributed by atoms with E-state index in [9.17, 15) is 9.50 Å². The molecule has 6 nitrogen and oxygen atoms in total. The molecule has 2 aromatic rings. The highest BCUT2D eigenvalue weighted by Gasteiger charge is 2.24. The van der Waals surface area contributed by atoms with Crippen LogP contribution in [0.2, 0.25) is 0 Å². The van der Waals surface area contributed by atoms with Crippen molar-refractivity contribution >= 4 is 17.3 Å². The summed E-state index contributed by atoms with van der Waals surface area (Å²) >= 11 is 1.81. The molecule has 1 atom stereocenters. The van der Waals surface area contributed by atoms with Gasteiger partial charge in [-0.3, -0.25) is 9.89 Å². The van der Waals surface area contributed by atoms with Crippen LogP contribution in [0.15, 0.2) is 35.3 Å². The molecule has 152 valence electrons. The first-order valence-corrected chi connectivity index (χ1v) is 10.2. The quantitative estimate of drug-likeness (QED) is 0.508. The third-order valence-electron chi connectivity index (χ3n) is 4.73. The van der Waals surface area contributed by atoms with E-state index in [2.05, 4.69) is 39.6 Å². The lowest BCUT2D eigenvalue weighted by molar-refractivity contribution is 0.0177. The van der Waals surface area contributed by atoms with E-state index < -0.39 is 5.82 Å². The van der Waals surface area contributed by atoms with Gasteiger partial charge in [0.1, 0.15) is 0 Å². The summed E-state index contributed by atoms with van der Waals surface area (Å²) in [5, 5.41) is 15.9. The molecule has 8 heteroatoms. The summed E-state index contributed by atoms with van der Waals surface area (Å²) in [5.41, 5.74) is 0.733. The number of thiophene rings is 1. The maximum absolute atomic E-state index is 13.5. The Hall–Kier alpha value is -2.16. The third-order valence-corrected chi connectivity index (χ3v) is 5.84. The molecular formula is C20H27FN4O2S. The van der Waals surface area contributed by atoms with Crippen LogP contribution in [0.5, 0.6) is 5.75 Å². The van der Waals surface area contributed by atoms with Crippen molar-refractivity contribution in [2.75, 3.05) is 39.9 Å². The van der Waals surface area contributed by atoms with Crippen LogP contribution in [0.1, 0.15) is 21.4 Å². The Labute approximate surface area is 169 Å². The van der Waals surface area contributed by atoms with E-state index in [4.69, 9.17) is 4.74 Å². The van der Waals surface area contributed by atoms with Gasteiger partial charge in [-0.05, 0) is 36.8 Å². The summed E-state index contributed by atoms with van der Waals surface area (Å²) in [7, 11) is 1.71. The van der Waals surface area contributed by atoms with Crippen molar-refractivity contribution in [1.29, 1.82) is 0 Å². The number of ether oxygens (including phenoxy) is 1. The number of rotatable bonds is 6. The molecule has 0 aliphatic carbocycles. The number of aliphatic imine (C=N–C) groups is 1. The van der Waals surface area contributed by atoms with Crippen LogP contribution < -0.4 is 10.6 Å². The van der Waals surface area contributed by atoms with Crippen LogP contribution in [-0.4, -0.2) is 55.9 Å². The zero-order valence-electron chi connectivity index (χ0n) is 16.2. The van der Waals surface area contributed by atoms with Crippen molar-refractivity contribution in [2.45, 2.75) is 19.5 Å². The fourth-order valence-corrected chi connectivity index (χ4v) is 4.20. The van der Waals surface area contributed by atoms with E-state index in [1.54, 1.807) is 13.1 Å². The minimum Gasteiger partial charge on any atom is -0.505 e. The summed E-state index contributed by atoms with van der Waals surface area (Å²) < 4.78 is 19.0. The minimum absolute atomic E-state index is 0.243. The fraction of sp³-hybridized carbons (Fsp3) is 0.450. The molecule has 28 heavy (non-hydrogen) atoms. The molecule has 1 aromatic carbocycles. The number of aryl methyl sites for hydroxylation is 1. The van der Waals surface area contributed by atoms with Crippen LogP contribution in [0.4, 0.5) is 4.39 Å². The molecule has 1 saturated heterocycles. The predicted molar refractivity (Wildman–Crippen MR) is 110 cm³/mol. The van der Waals surface area contributed by atoms with Gasteiger partial charge in [0.2, 0.25) is 0 Å². The number of phenols is 1. The van der Waals surface area contributed by atoms with Gasteiger partial charge in [-0.2, -0.15) is 0 Å². The van der Waals surface area contributed by atoms with Crippen molar-refractivity contribution in [3.05, 3.63) is 51.5 Å². The Balaban J connectivity index is 1.60. The van der Waals surface area contributed by atoms with E-state index in [1.165, 1.54) is 21.9 Å². The Bertz CT molecular complexity index is 805. The molecule has 1 aliphatic heterocycles. The standard InChI is InChI=1S/C20H27FN4O2S/c1-14-3-6-19(28-14)17(25-7-9-27-10-8-25)13-24-20(22-2)23-12-15-4-5-18(26)16(21)11-15/h3-6,11,17,26H,7-10,12-13H2,1-2H3,(H2,22,23,24). The van der Waals surface area contributed by atoms with E-state index in [0.29, 0.717) is 19.0 Å². The molecule has 0 radical (unpaired) electrons. The van der Waals surface area contributed by atoms with Crippen LogP contribution in [0.25, 0.3) is 0 Å². The lowest BCUT2D eigenvalue weighted by Gasteiger charge is -2.34. The van der Waals surface area contributed by atoms with Gasteiger partial charge in [0.05, 0.1) is 19.3 Å². The molecule has 0 spiro atoms. The van der Waals surface area contributed by atoms with E-state index in [1.807, 2.05) is 11.3 Å². The van der Waals surface area contributed by atoms with Gasteiger partial charge >= 0.3 is 0 Å². The summed E-state index contributed by atoms with van der Waals surface area (Å²) in [6.07, 6.45) is 0. The van der Waals surface area contributed by atoms with Gasteiger partial charge in [0.15, 0.2) is 17.5 Å². The average Bonchev–Trinajstić information content (AvgIpc) is 3.14. The Morgan fingerprint density at radius 3 is 2.71 bits per heavy atom. The molecule has 1 fully saturated rings. The molecule has 1 aliphatic rings. The minimum atomic E-state index is -0.623. The monoisotopic (exact) mass is 406 g/mol. The zero-order chi connectivity index (χ0) is 19.9. The number of guanidine groups is 1. The van der Waals surface area contributed by atoms with Crippen molar-refractivity contribution in [2.24, 2.45) is 4.99 Å². The highest BCUT2D eigenvalue weighted by Crippen LogP contribution is 2.27. The van der Waals surface area contributed by atoms with Gasteiger partial charge < -0.3 is 20.5 Å². The zero-order valence-corrected chi connectivity index (χ0v) is 17.1. The molecular weight excluding hydrogens is 379 g/mol. The number of benzene rings is 1. The second-order valence-electron chi connectivity index (χ2n) is 6.70. The summed E-state index contributed by atoms with van der Waals surface area (Å²) in [6, 6.07) is 8.95. The number of hydrogen-bond acceptors (Lipinski definition) is 5. The molecule has 1 unspecified atom stereocenters. The Morgan fingerprint density at radius 1 is 1.29 bits per heavy atom. The van der Waals surface area contributed by atoms with Crippen LogP contribution in [0, 0.1) is 12.7 Å². The summed E-state index contributed by atoms with van der Waals surface area (Å²) in [4.78, 5) is 9.32. The summed E-state index contributed by atoms with van der Waals surface area (Å²) in [6.45, 7) is 6.56. The van der Waals surface area contributed by atoms with Gasteiger partial charge in [0.25, 0.3) is 0 Å². The van der Waals surface area contributed by atoms with E-state index in [0.717, 1.165) is 31.9 Å². The van der Waals surface area contributed by atoms with Crippen LogP contribution >= 0.6 is 11.3 Å². The number of nitrogens with zero attached hydrogens (tertiary/aromatic N) is 2. The Morgan fingerprint density at radius 2 is 2.07 bits per heavy atom. The lowest BCUT2D eigenvalue weighted by Crippen LogP contribution is -2.46. The van der Waals surface area contributed by atoms with Gasteiger partial charge in [0, 0.05) is 43.0 Å². The molecule has 1 aromatic heterocycles. The van der Waals surface area contributed by atoms with Crippen LogP contribution in [0.3, 0.4) is 0 Å². The van der Waals surface area contributed by atoms with Crippen molar-refractivity contribution < 1.29 is 14.2 Å². The van der Waals surface area contributed by atoms with Gasteiger partial charge in [-0.1, -0.05) is 6.07 Å². The van der Waals surface area contributed by atoms with Crippen LogP contribution in [-0.2, 0) is 11.3 Å². The molecule has 0 saturated carbocycles. The average molecular weight is 407 g/mol. The highest BCUT2D eigenvalue weighted by atomic mass is 32.1. The summed E-state index contributed by atoms with van der Waals surface area (Å²) in [5.74, 6) is -0.312. The number of phenolic OH excluding ortho intramolecular Hbond substituents is 1. The first kappa shape index (κ1) is 20.6. The number of hydrogen-bond donors (Lipinski definition) is 3. The van der Waals surface area contributed by atoms with Crippen molar-refractivity contribution in [3.8, 4) is 5.75 Å². The first-order valence-electron chi connectivity index (χ1n) is 9.37. The SMILES string of the molecule is CN=C(NCc1ccc(O)c(F)c1)NCC(c1ccc(C)s1)N1CCOCC1. The first-order chi connectivity index (χ1) is 13.6. The second kappa shape index (κ2) is 9.86.